The normalized spacial score (nSPS) is 27.5. The van der Waals surface area contributed by atoms with Gasteiger partial charge in [-0.2, -0.15) is 4.37 Å². The summed E-state index contributed by atoms with van der Waals surface area (Å²) in [4.78, 5) is 2.37. The minimum absolute atomic E-state index is 0.0577. The van der Waals surface area contributed by atoms with E-state index in [-0.39, 0.29) is 11.5 Å². The minimum atomic E-state index is -0.205. The molecule has 18 heavy (non-hydrogen) atoms. The first-order valence-corrected chi connectivity index (χ1v) is 7.44. The fourth-order valence-corrected chi connectivity index (χ4v) is 3.73. The highest BCUT2D eigenvalue weighted by Gasteiger charge is 2.38. The Bertz CT molecular complexity index is 453. The summed E-state index contributed by atoms with van der Waals surface area (Å²) < 4.78 is 4.34. The van der Waals surface area contributed by atoms with E-state index in [4.69, 9.17) is 5.73 Å². The first-order valence-electron chi connectivity index (χ1n) is 6.67. The van der Waals surface area contributed by atoms with Crippen LogP contribution in [0.4, 0.5) is 10.8 Å². The predicted molar refractivity (Wildman–Crippen MR) is 75.1 cm³/mol. The van der Waals surface area contributed by atoms with Gasteiger partial charge in [-0.15, -0.1) is 0 Å². The second-order valence-corrected chi connectivity index (χ2v) is 7.03. The summed E-state index contributed by atoms with van der Waals surface area (Å²) >= 11 is 1.52. The van der Waals surface area contributed by atoms with Crippen LogP contribution in [0.5, 0.6) is 0 Å². The van der Waals surface area contributed by atoms with Crippen molar-refractivity contribution in [3.8, 4) is 0 Å². The third kappa shape index (κ3) is 1.99. The van der Waals surface area contributed by atoms with Gasteiger partial charge in [-0.3, -0.25) is 0 Å². The Morgan fingerprint density at radius 2 is 2.11 bits per heavy atom. The van der Waals surface area contributed by atoms with Crippen molar-refractivity contribution in [2.24, 2.45) is 5.41 Å². The Kier molecular flexibility index (Phi) is 2.79. The molecule has 0 radical (unpaired) electrons. The Balaban J connectivity index is 1.87. The number of anilines is 2. The van der Waals surface area contributed by atoms with Crippen LogP contribution in [0.15, 0.2) is 0 Å². The molecule has 2 aliphatic rings. The van der Waals surface area contributed by atoms with Gasteiger partial charge in [-0.1, -0.05) is 13.8 Å². The molecule has 0 amide bonds. The number of nitrogens with two attached hydrogens (primary N) is 1. The molecular weight excluding hydrogens is 246 g/mol. The summed E-state index contributed by atoms with van der Waals surface area (Å²) in [6.07, 6.45) is 3.11. The molecular formula is C13H21N3OS. The van der Waals surface area contributed by atoms with Crippen LogP contribution in [0.1, 0.15) is 44.6 Å². The van der Waals surface area contributed by atoms with Crippen molar-refractivity contribution in [1.29, 1.82) is 0 Å². The van der Waals surface area contributed by atoms with E-state index in [9.17, 15) is 5.11 Å². The van der Waals surface area contributed by atoms with Crippen LogP contribution in [0, 0.1) is 5.41 Å². The van der Waals surface area contributed by atoms with Crippen molar-refractivity contribution in [3.63, 3.8) is 0 Å². The molecule has 1 saturated carbocycles. The minimum Gasteiger partial charge on any atom is -0.392 e. The molecule has 0 aromatic carbocycles. The van der Waals surface area contributed by atoms with Crippen LogP contribution in [-0.4, -0.2) is 28.7 Å². The Hall–Kier alpha value is -0.810. The van der Waals surface area contributed by atoms with Crippen LogP contribution >= 0.6 is 11.5 Å². The maximum absolute atomic E-state index is 10.0. The molecule has 100 valence electrons. The first kappa shape index (κ1) is 12.2. The lowest BCUT2D eigenvalue weighted by molar-refractivity contribution is 0.0337. The number of hydrogen-bond acceptors (Lipinski definition) is 5. The molecule has 3 N–H and O–H groups in total. The fourth-order valence-electron chi connectivity index (χ4n) is 2.80. The van der Waals surface area contributed by atoms with Gasteiger partial charge < -0.3 is 15.7 Å². The molecule has 0 spiro atoms. The van der Waals surface area contributed by atoms with E-state index in [2.05, 4.69) is 23.1 Å². The van der Waals surface area contributed by atoms with Crippen molar-refractivity contribution in [2.75, 3.05) is 23.7 Å². The standard InChI is InChI=1S/C13H21N3OS/c1-13(2)7-16(6-5-9(13)17)12-10(8-3-4-8)11(14)15-18-12/h8-9,17H,3-7H2,1-2H3,(H2,14,15). The topological polar surface area (TPSA) is 62.4 Å². The van der Waals surface area contributed by atoms with Gasteiger partial charge in [0.15, 0.2) is 0 Å². The molecule has 0 bridgehead atoms. The summed E-state index contributed by atoms with van der Waals surface area (Å²) in [6, 6.07) is 0. The maximum Gasteiger partial charge on any atom is 0.142 e. The number of aromatic nitrogens is 1. The van der Waals surface area contributed by atoms with Crippen molar-refractivity contribution >= 4 is 22.4 Å². The number of nitrogens with zero attached hydrogens (tertiary/aromatic N) is 2. The number of piperidine rings is 1. The smallest absolute Gasteiger partial charge is 0.142 e. The lowest BCUT2D eigenvalue weighted by atomic mass is 9.81. The quantitative estimate of drug-likeness (QED) is 0.862. The Morgan fingerprint density at radius 1 is 1.39 bits per heavy atom. The van der Waals surface area contributed by atoms with E-state index < -0.39 is 0 Å². The predicted octanol–water partition coefficient (Wildman–Crippen LogP) is 2.20. The third-order valence-electron chi connectivity index (χ3n) is 4.18. The fraction of sp³-hybridized carbons (Fsp3) is 0.769. The summed E-state index contributed by atoms with van der Waals surface area (Å²) in [6.45, 7) is 6.05. The highest BCUT2D eigenvalue weighted by Crippen LogP contribution is 2.49. The van der Waals surface area contributed by atoms with Gasteiger partial charge >= 0.3 is 0 Å². The SMILES string of the molecule is CC1(C)CN(c2snc(N)c2C2CC2)CCC1O. The monoisotopic (exact) mass is 267 g/mol. The second kappa shape index (κ2) is 4.10. The van der Waals surface area contributed by atoms with E-state index in [0.29, 0.717) is 5.92 Å². The number of hydrogen-bond donors (Lipinski definition) is 2. The van der Waals surface area contributed by atoms with E-state index in [1.54, 1.807) is 0 Å². The molecule has 1 aliphatic carbocycles. The van der Waals surface area contributed by atoms with Crippen molar-refractivity contribution in [2.45, 2.75) is 45.1 Å². The highest BCUT2D eigenvalue weighted by molar-refractivity contribution is 7.10. The van der Waals surface area contributed by atoms with Crippen LogP contribution in [-0.2, 0) is 0 Å². The zero-order valence-corrected chi connectivity index (χ0v) is 11.8. The number of nitrogen functional groups attached to an aromatic ring is 1. The van der Waals surface area contributed by atoms with Gasteiger partial charge in [0.05, 0.1) is 6.10 Å². The summed E-state index contributed by atoms with van der Waals surface area (Å²) in [7, 11) is 0. The van der Waals surface area contributed by atoms with Gasteiger partial charge in [0.1, 0.15) is 10.8 Å². The second-order valence-electron chi connectivity index (χ2n) is 6.28. The van der Waals surface area contributed by atoms with Gasteiger partial charge in [-0.05, 0) is 36.7 Å². The molecule has 1 aromatic heterocycles. The van der Waals surface area contributed by atoms with Crippen molar-refractivity contribution < 1.29 is 5.11 Å². The highest BCUT2D eigenvalue weighted by atomic mass is 32.1. The van der Waals surface area contributed by atoms with E-state index in [0.717, 1.165) is 25.3 Å². The van der Waals surface area contributed by atoms with Crippen molar-refractivity contribution in [3.05, 3.63) is 5.56 Å². The van der Waals surface area contributed by atoms with Gasteiger partial charge in [0.2, 0.25) is 0 Å². The van der Waals surface area contributed by atoms with Gasteiger partial charge in [0.25, 0.3) is 0 Å². The zero-order chi connectivity index (χ0) is 12.9. The molecule has 5 heteroatoms. The van der Waals surface area contributed by atoms with Crippen LogP contribution in [0.25, 0.3) is 0 Å². The van der Waals surface area contributed by atoms with Gasteiger partial charge in [-0.25, -0.2) is 0 Å². The maximum atomic E-state index is 10.0. The van der Waals surface area contributed by atoms with Crippen LogP contribution in [0.2, 0.25) is 0 Å². The molecule has 1 atom stereocenters. The Labute approximate surface area is 112 Å². The lowest BCUT2D eigenvalue weighted by Crippen LogP contribution is -2.48. The molecule has 2 heterocycles. The molecule has 1 aromatic rings. The number of rotatable bonds is 2. The molecule has 4 nitrogen and oxygen atoms in total. The van der Waals surface area contributed by atoms with Gasteiger partial charge in [0, 0.05) is 24.1 Å². The van der Waals surface area contributed by atoms with E-state index in [1.165, 1.54) is 34.9 Å². The molecule has 3 rings (SSSR count). The zero-order valence-electron chi connectivity index (χ0n) is 11.0. The number of aliphatic hydroxyl groups is 1. The average Bonchev–Trinajstić information content (AvgIpc) is 3.06. The summed E-state index contributed by atoms with van der Waals surface area (Å²) in [5, 5.41) is 11.3. The number of aliphatic hydroxyl groups excluding tert-OH is 1. The van der Waals surface area contributed by atoms with E-state index in [1.807, 2.05) is 0 Å². The summed E-state index contributed by atoms with van der Waals surface area (Å²) in [5.41, 5.74) is 7.22. The van der Waals surface area contributed by atoms with Crippen LogP contribution in [0.3, 0.4) is 0 Å². The average molecular weight is 267 g/mol. The van der Waals surface area contributed by atoms with Crippen LogP contribution < -0.4 is 10.6 Å². The lowest BCUT2D eigenvalue weighted by Gasteiger charge is -2.42. The van der Waals surface area contributed by atoms with E-state index >= 15 is 0 Å². The summed E-state index contributed by atoms with van der Waals surface area (Å²) in [5.74, 6) is 1.36. The first-order chi connectivity index (χ1) is 8.49. The third-order valence-corrected chi connectivity index (χ3v) is 5.12. The Morgan fingerprint density at radius 3 is 2.72 bits per heavy atom. The molecule has 1 unspecified atom stereocenters. The molecule has 1 aliphatic heterocycles. The van der Waals surface area contributed by atoms with Crippen molar-refractivity contribution in [1.82, 2.24) is 4.37 Å². The largest absolute Gasteiger partial charge is 0.392 e. The molecule has 1 saturated heterocycles. The molecule has 2 fully saturated rings.